The Balaban J connectivity index is 1.37. The van der Waals surface area contributed by atoms with Crippen LogP contribution in [0.25, 0.3) is 0 Å². The Bertz CT molecular complexity index is 887. The fourth-order valence-electron chi connectivity index (χ4n) is 8.75. The molecular weight excluding hydrogens is 340 g/mol. The van der Waals surface area contributed by atoms with Crippen molar-refractivity contribution in [3.8, 4) is 0 Å². The van der Waals surface area contributed by atoms with Crippen molar-refractivity contribution >= 4 is 11.8 Å². The van der Waals surface area contributed by atoms with Gasteiger partial charge in [0.1, 0.15) is 11.2 Å². The van der Waals surface area contributed by atoms with Gasteiger partial charge >= 0.3 is 5.97 Å². The Morgan fingerprint density at radius 3 is 2.81 bits per heavy atom. The molecule has 4 saturated carbocycles. The van der Waals surface area contributed by atoms with Gasteiger partial charge in [-0.3, -0.25) is 9.59 Å². The summed E-state index contributed by atoms with van der Waals surface area (Å²) >= 11 is 0. The fourth-order valence-corrected chi connectivity index (χ4v) is 8.75. The second kappa shape index (κ2) is 4.12. The Hall–Kier alpha value is -1.42. The Morgan fingerprint density at radius 1 is 1.19 bits per heavy atom. The highest BCUT2D eigenvalue weighted by Crippen LogP contribution is 2.82. The lowest BCUT2D eigenvalue weighted by Crippen LogP contribution is -2.60. The van der Waals surface area contributed by atoms with Crippen molar-refractivity contribution in [2.24, 2.45) is 34.5 Å². The number of epoxide rings is 1. The van der Waals surface area contributed by atoms with Crippen molar-refractivity contribution < 1.29 is 19.1 Å². The Labute approximate surface area is 159 Å². The number of esters is 1. The maximum Gasteiger partial charge on any atom is 0.306 e. The number of fused-ring (bicyclic) bond motifs is 7. The summed E-state index contributed by atoms with van der Waals surface area (Å²) in [5.74, 6) is 2.41. The summed E-state index contributed by atoms with van der Waals surface area (Å²) in [5.41, 5.74) is 0.839. The molecule has 2 saturated heterocycles. The summed E-state index contributed by atoms with van der Waals surface area (Å²) in [7, 11) is 0. The SMILES string of the molecule is CC12C[C@@H]3O[C@@]34[C@@H](C3CC3C3=CC(=O)C=C[C@@]34C)C1CC[C@@]21CCC(=O)O1. The molecule has 4 unspecified atom stereocenters. The van der Waals surface area contributed by atoms with Crippen LogP contribution in [0.5, 0.6) is 0 Å². The standard InChI is InChI=1S/C23H26O4/c1-20-6-3-12(24)9-16(20)13-10-14(13)19-15-4-7-22(8-5-18(25)27-22)21(15,2)11-17-23(19,20)26-17/h3,6,9,13-15,17,19H,4-5,7-8,10-11H2,1-2H3/t13?,14?,15?,17-,19-,20-,21?,22+,23+/m0/s1. The van der Waals surface area contributed by atoms with Crippen LogP contribution in [0.15, 0.2) is 23.8 Å². The van der Waals surface area contributed by atoms with Crippen molar-refractivity contribution in [3.63, 3.8) is 0 Å². The zero-order chi connectivity index (χ0) is 18.4. The van der Waals surface area contributed by atoms with Crippen LogP contribution in [0.3, 0.4) is 0 Å². The topological polar surface area (TPSA) is 55.9 Å². The van der Waals surface area contributed by atoms with Crippen LogP contribution in [0, 0.1) is 34.5 Å². The van der Waals surface area contributed by atoms with E-state index >= 15 is 0 Å². The molecule has 27 heavy (non-hydrogen) atoms. The molecule has 0 aromatic heterocycles. The van der Waals surface area contributed by atoms with Gasteiger partial charge in [-0.15, -0.1) is 0 Å². The largest absolute Gasteiger partial charge is 0.458 e. The fraction of sp³-hybridized carbons (Fsp3) is 0.739. The van der Waals surface area contributed by atoms with Crippen LogP contribution in [-0.4, -0.2) is 29.1 Å². The van der Waals surface area contributed by atoms with Crippen LogP contribution in [0.2, 0.25) is 0 Å². The molecule has 0 aromatic carbocycles. The molecule has 6 fully saturated rings. The number of hydrogen-bond donors (Lipinski definition) is 0. The highest BCUT2D eigenvalue weighted by molar-refractivity contribution is 6.01. The first kappa shape index (κ1) is 15.5. The lowest BCUT2D eigenvalue weighted by atomic mass is 9.47. The number of hydrogen-bond acceptors (Lipinski definition) is 4. The van der Waals surface area contributed by atoms with Crippen LogP contribution < -0.4 is 0 Å². The maximum absolute atomic E-state index is 12.1. The van der Waals surface area contributed by atoms with Gasteiger partial charge in [0.05, 0.1) is 6.10 Å². The Morgan fingerprint density at radius 2 is 2.04 bits per heavy atom. The van der Waals surface area contributed by atoms with Gasteiger partial charge in [-0.05, 0) is 74.9 Å². The van der Waals surface area contributed by atoms with Crippen molar-refractivity contribution in [1.82, 2.24) is 0 Å². The van der Waals surface area contributed by atoms with Gasteiger partial charge < -0.3 is 9.47 Å². The highest BCUT2D eigenvalue weighted by atomic mass is 16.6. The van der Waals surface area contributed by atoms with Crippen LogP contribution in [0.1, 0.15) is 52.4 Å². The molecule has 7 aliphatic rings. The highest BCUT2D eigenvalue weighted by Gasteiger charge is 2.85. The number of allylic oxidation sites excluding steroid dienone is 2. The van der Waals surface area contributed by atoms with Crippen LogP contribution in [0.4, 0.5) is 0 Å². The predicted molar refractivity (Wildman–Crippen MR) is 96.5 cm³/mol. The van der Waals surface area contributed by atoms with Gasteiger partial charge in [0.25, 0.3) is 0 Å². The van der Waals surface area contributed by atoms with Gasteiger partial charge in [0.2, 0.25) is 0 Å². The van der Waals surface area contributed by atoms with Gasteiger partial charge in [-0.1, -0.05) is 18.6 Å². The van der Waals surface area contributed by atoms with Gasteiger partial charge in [-0.2, -0.15) is 0 Å². The molecule has 0 amide bonds. The van der Waals surface area contributed by atoms with Gasteiger partial charge in [0, 0.05) is 17.3 Å². The summed E-state index contributed by atoms with van der Waals surface area (Å²) in [6.45, 7) is 4.70. The zero-order valence-electron chi connectivity index (χ0n) is 16.0. The number of carbonyl (C=O) groups is 2. The van der Waals surface area contributed by atoms with E-state index < -0.39 is 0 Å². The van der Waals surface area contributed by atoms with E-state index in [-0.39, 0.29) is 39.9 Å². The first-order valence-electron chi connectivity index (χ1n) is 10.7. The van der Waals surface area contributed by atoms with E-state index in [1.54, 1.807) is 6.08 Å². The lowest BCUT2D eigenvalue weighted by Gasteiger charge is -2.55. The molecule has 2 heterocycles. The lowest BCUT2D eigenvalue weighted by molar-refractivity contribution is -0.164. The molecule has 4 heteroatoms. The monoisotopic (exact) mass is 366 g/mol. The molecule has 2 aliphatic heterocycles. The number of ketones is 1. The second-order valence-electron chi connectivity index (χ2n) is 10.7. The minimum Gasteiger partial charge on any atom is -0.458 e. The average molecular weight is 366 g/mol. The third-order valence-corrected chi connectivity index (χ3v) is 10.0. The first-order chi connectivity index (χ1) is 12.8. The molecule has 142 valence electrons. The third-order valence-electron chi connectivity index (χ3n) is 10.0. The second-order valence-corrected chi connectivity index (χ2v) is 10.7. The number of rotatable bonds is 0. The molecule has 0 bridgehead atoms. The summed E-state index contributed by atoms with van der Waals surface area (Å²) in [6.07, 6.45) is 11.9. The van der Waals surface area contributed by atoms with Crippen molar-refractivity contribution in [3.05, 3.63) is 23.8 Å². The van der Waals surface area contributed by atoms with E-state index in [1.807, 2.05) is 6.08 Å². The van der Waals surface area contributed by atoms with Crippen molar-refractivity contribution in [2.75, 3.05) is 0 Å². The summed E-state index contributed by atoms with van der Waals surface area (Å²) < 4.78 is 12.7. The smallest absolute Gasteiger partial charge is 0.306 e. The molecule has 0 N–H and O–H groups in total. The molecular formula is C23H26O4. The van der Waals surface area contributed by atoms with E-state index in [2.05, 4.69) is 19.9 Å². The minimum atomic E-state index is -0.257. The maximum atomic E-state index is 12.1. The van der Waals surface area contributed by atoms with E-state index in [4.69, 9.17) is 9.47 Å². The molecule has 5 aliphatic carbocycles. The van der Waals surface area contributed by atoms with Crippen molar-refractivity contribution in [2.45, 2.75) is 69.7 Å². The molecule has 7 rings (SSSR count). The van der Waals surface area contributed by atoms with E-state index in [9.17, 15) is 9.59 Å². The van der Waals surface area contributed by atoms with Crippen LogP contribution >= 0.6 is 0 Å². The predicted octanol–water partition coefficient (Wildman–Crippen LogP) is 3.36. The average Bonchev–Trinajstić information content (AvgIpc) is 3.49. The zero-order valence-corrected chi connectivity index (χ0v) is 16.0. The third kappa shape index (κ3) is 1.43. The van der Waals surface area contributed by atoms with Crippen molar-refractivity contribution in [1.29, 1.82) is 0 Å². The minimum absolute atomic E-state index is 0.00993. The molecule has 0 radical (unpaired) electrons. The van der Waals surface area contributed by atoms with E-state index in [0.29, 0.717) is 30.1 Å². The molecule has 9 atom stereocenters. The van der Waals surface area contributed by atoms with Crippen LogP contribution in [-0.2, 0) is 19.1 Å². The number of ether oxygens (including phenoxy) is 2. The summed E-state index contributed by atoms with van der Waals surface area (Å²) in [6, 6.07) is 0. The van der Waals surface area contributed by atoms with E-state index in [1.165, 1.54) is 12.0 Å². The van der Waals surface area contributed by atoms with E-state index in [0.717, 1.165) is 25.7 Å². The van der Waals surface area contributed by atoms with Gasteiger partial charge in [-0.25, -0.2) is 0 Å². The normalized spacial score (nSPS) is 61.4. The molecule has 4 nitrogen and oxygen atoms in total. The first-order valence-corrected chi connectivity index (χ1v) is 10.7. The molecule has 0 aromatic rings. The Kier molecular flexibility index (Phi) is 2.37. The number of carbonyl (C=O) groups excluding carboxylic acids is 2. The van der Waals surface area contributed by atoms with Gasteiger partial charge in [0.15, 0.2) is 5.78 Å². The quantitative estimate of drug-likeness (QED) is 0.487. The molecule has 2 spiro atoms. The summed E-state index contributed by atoms with van der Waals surface area (Å²) in [4.78, 5) is 24.1. The summed E-state index contributed by atoms with van der Waals surface area (Å²) in [5, 5.41) is 0.